The summed E-state index contributed by atoms with van der Waals surface area (Å²) in [6.45, 7) is 0. The largest absolute Gasteiger partial charge is 0.465 e. The van der Waals surface area contributed by atoms with E-state index in [1.807, 2.05) is 0 Å². The number of benzene rings is 1. The molecule has 1 heterocycles. The van der Waals surface area contributed by atoms with Gasteiger partial charge in [-0.05, 0) is 31.0 Å². The normalized spacial score (nSPS) is 14.1. The smallest absolute Gasteiger partial charge is 0.337 e. The lowest BCUT2D eigenvalue weighted by molar-refractivity contribution is 0.0600. The minimum absolute atomic E-state index is 0.291. The van der Waals surface area contributed by atoms with Crippen molar-refractivity contribution in [3.63, 3.8) is 0 Å². The third kappa shape index (κ3) is 4.29. The van der Waals surface area contributed by atoms with E-state index in [1.165, 1.54) is 50.5 Å². The summed E-state index contributed by atoms with van der Waals surface area (Å²) in [5.41, 5.74) is 0.897. The molecule has 26 heavy (non-hydrogen) atoms. The monoisotopic (exact) mass is 374 g/mol. The van der Waals surface area contributed by atoms with Crippen LogP contribution < -0.4 is 10.6 Å². The Morgan fingerprint density at radius 2 is 1.85 bits per heavy atom. The van der Waals surface area contributed by atoms with Crippen molar-refractivity contribution in [1.82, 2.24) is 9.97 Å². The summed E-state index contributed by atoms with van der Waals surface area (Å²) in [5, 5.41) is 6.24. The van der Waals surface area contributed by atoms with Crippen molar-refractivity contribution >= 4 is 35.1 Å². The van der Waals surface area contributed by atoms with E-state index in [-0.39, 0.29) is 0 Å². The van der Waals surface area contributed by atoms with Gasteiger partial charge < -0.3 is 15.4 Å². The minimum Gasteiger partial charge on any atom is -0.465 e. The molecular formula is C18H19ClN4O3. The third-order valence-electron chi connectivity index (χ3n) is 4.24. The van der Waals surface area contributed by atoms with E-state index >= 15 is 0 Å². The number of anilines is 2. The first-order valence-electron chi connectivity index (χ1n) is 8.34. The van der Waals surface area contributed by atoms with Crippen LogP contribution in [0.25, 0.3) is 0 Å². The molecule has 2 N–H and O–H groups in total. The van der Waals surface area contributed by atoms with E-state index in [9.17, 15) is 9.59 Å². The van der Waals surface area contributed by atoms with Crippen LogP contribution in [0.4, 0.5) is 11.6 Å². The molecule has 0 radical (unpaired) electrons. The average Bonchev–Trinajstić information content (AvgIpc) is 3.16. The van der Waals surface area contributed by atoms with Crippen LogP contribution in [0.3, 0.4) is 0 Å². The minimum atomic E-state index is -0.511. The topological polar surface area (TPSA) is 93.2 Å². The molecule has 1 fully saturated rings. The van der Waals surface area contributed by atoms with Crippen LogP contribution in [0.5, 0.6) is 0 Å². The fourth-order valence-corrected chi connectivity index (χ4v) is 3.00. The lowest BCUT2D eigenvalue weighted by atomic mass is 10.2. The molecule has 0 saturated heterocycles. The van der Waals surface area contributed by atoms with E-state index in [1.54, 1.807) is 0 Å². The van der Waals surface area contributed by atoms with Crippen molar-refractivity contribution < 1.29 is 14.3 Å². The molecule has 0 bridgehead atoms. The number of aromatic nitrogens is 2. The third-order valence-corrected chi connectivity index (χ3v) is 4.57. The number of nitrogens with one attached hydrogen (secondary N) is 2. The fraction of sp³-hybridized carbons (Fsp3) is 0.333. The fourth-order valence-electron chi connectivity index (χ4n) is 2.83. The summed E-state index contributed by atoms with van der Waals surface area (Å²) in [5.74, 6) is -0.414. The maximum Gasteiger partial charge on any atom is 0.337 e. The van der Waals surface area contributed by atoms with Gasteiger partial charge in [-0.3, -0.25) is 4.79 Å². The van der Waals surface area contributed by atoms with Gasteiger partial charge in [0.1, 0.15) is 0 Å². The number of amides is 1. The molecule has 1 aliphatic carbocycles. The SMILES string of the molecule is COC(=O)c1ccc(Cl)c(NC(=O)c2cnc(NC3CCCC3)nc2)c1. The predicted molar refractivity (Wildman–Crippen MR) is 98.7 cm³/mol. The number of carbonyl (C=O) groups excluding carboxylic acids is 2. The van der Waals surface area contributed by atoms with Gasteiger partial charge in [-0.25, -0.2) is 14.8 Å². The molecule has 2 aromatic rings. The first-order valence-corrected chi connectivity index (χ1v) is 8.72. The van der Waals surface area contributed by atoms with Crippen LogP contribution >= 0.6 is 11.6 Å². The number of methoxy groups -OCH3 is 1. The molecule has 1 aromatic carbocycles. The summed E-state index contributed by atoms with van der Waals surface area (Å²) >= 11 is 6.09. The number of hydrogen-bond donors (Lipinski definition) is 2. The molecule has 1 saturated carbocycles. The molecular weight excluding hydrogens is 356 g/mol. The van der Waals surface area contributed by atoms with Crippen LogP contribution in [0, 0.1) is 0 Å². The first kappa shape index (κ1) is 18.1. The van der Waals surface area contributed by atoms with E-state index in [0.29, 0.717) is 33.8 Å². The van der Waals surface area contributed by atoms with Crippen molar-refractivity contribution in [2.24, 2.45) is 0 Å². The van der Waals surface area contributed by atoms with Gasteiger partial charge >= 0.3 is 5.97 Å². The van der Waals surface area contributed by atoms with E-state index < -0.39 is 11.9 Å². The molecule has 1 aromatic heterocycles. The van der Waals surface area contributed by atoms with Gasteiger partial charge in [0.2, 0.25) is 5.95 Å². The standard InChI is InChI=1S/C18H19ClN4O3/c1-26-17(25)11-6-7-14(19)15(8-11)23-16(24)12-9-20-18(21-10-12)22-13-4-2-3-5-13/h6-10,13H,2-5H2,1H3,(H,23,24)(H,20,21,22). The van der Waals surface area contributed by atoms with E-state index in [0.717, 1.165) is 12.8 Å². The number of carbonyl (C=O) groups is 2. The Bertz CT molecular complexity index is 805. The Hall–Kier alpha value is -2.67. The molecule has 0 aliphatic heterocycles. The Morgan fingerprint density at radius 1 is 1.15 bits per heavy atom. The molecule has 1 aliphatic rings. The number of hydrogen-bond acceptors (Lipinski definition) is 6. The van der Waals surface area contributed by atoms with Crippen molar-refractivity contribution in [2.45, 2.75) is 31.7 Å². The zero-order chi connectivity index (χ0) is 18.5. The zero-order valence-electron chi connectivity index (χ0n) is 14.3. The van der Waals surface area contributed by atoms with Crippen LogP contribution in [-0.4, -0.2) is 35.0 Å². The number of rotatable bonds is 5. The van der Waals surface area contributed by atoms with Crippen molar-refractivity contribution in [3.05, 3.63) is 46.7 Å². The molecule has 0 spiro atoms. The second-order valence-electron chi connectivity index (χ2n) is 6.06. The molecule has 1 amide bonds. The number of halogens is 1. The highest BCUT2D eigenvalue weighted by Gasteiger charge is 2.16. The number of nitrogens with zero attached hydrogens (tertiary/aromatic N) is 2. The summed E-state index contributed by atoms with van der Waals surface area (Å²) in [7, 11) is 1.29. The molecule has 0 unspecified atom stereocenters. The zero-order valence-corrected chi connectivity index (χ0v) is 15.0. The van der Waals surface area contributed by atoms with Crippen molar-refractivity contribution in [2.75, 3.05) is 17.7 Å². The van der Waals surface area contributed by atoms with Crippen molar-refractivity contribution in [1.29, 1.82) is 0 Å². The van der Waals surface area contributed by atoms with Crippen molar-refractivity contribution in [3.8, 4) is 0 Å². The summed E-state index contributed by atoms with van der Waals surface area (Å²) in [6.07, 6.45) is 7.56. The predicted octanol–water partition coefficient (Wildman–Crippen LogP) is 3.52. The summed E-state index contributed by atoms with van der Waals surface area (Å²) < 4.78 is 4.67. The highest BCUT2D eigenvalue weighted by molar-refractivity contribution is 6.34. The van der Waals surface area contributed by atoms with Crippen LogP contribution in [0.2, 0.25) is 5.02 Å². The van der Waals surface area contributed by atoms with Gasteiger partial charge in [-0.15, -0.1) is 0 Å². The Labute approximate surface area is 156 Å². The van der Waals surface area contributed by atoms with Gasteiger partial charge in [0, 0.05) is 18.4 Å². The molecule has 0 atom stereocenters. The van der Waals surface area contributed by atoms with Gasteiger partial charge in [-0.2, -0.15) is 0 Å². The second kappa shape index (κ2) is 8.14. The lowest BCUT2D eigenvalue weighted by Gasteiger charge is -2.12. The highest BCUT2D eigenvalue weighted by Crippen LogP contribution is 2.24. The van der Waals surface area contributed by atoms with Crippen LogP contribution in [0.15, 0.2) is 30.6 Å². The molecule has 136 valence electrons. The van der Waals surface area contributed by atoms with E-state index in [2.05, 4.69) is 25.3 Å². The second-order valence-corrected chi connectivity index (χ2v) is 6.47. The van der Waals surface area contributed by atoms with Gasteiger partial charge in [-0.1, -0.05) is 24.4 Å². The van der Waals surface area contributed by atoms with Gasteiger partial charge in [0.15, 0.2) is 0 Å². The lowest BCUT2D eigenvalue weighted by Crippen LogP contribution is -2.18. The van der Waals surface area contributed by atoms with Crippen LogP contribution in [-0.2, 0) is 4.74 Å². The highest BCUT2D eigenvalue weighted by atomic mass is 35.5. The van der Waals surface area contributed by atoms with Gasteiger partial charge in [0.25, 0.3) is 5.91 Å². The number of esters is 1. The Balaban J connectivity index is 1.68. The Kier molecular flexibility index (Phi) is 5.68. The van der Waals surface area contributed by atoms with E-state index in [4.69, 9.17) is 11.6 Å². The molecule has 8 heteroatoms. The molecule has 3 rings (SSSR count). The molecule has 7 nitrogen and oxygen atoms in total. The maximum absolute atomic E-state index is 12.4. The quantitative estimate of drug-likeness (QED) is 0.778. The maximum atomic E-state index is 12.4. The summed E-state index contributed by atoms with van der Waals surface area (Å²) in [6, 6.07) is 4.91. The van der Waals surface area contributed by atoms with Gasteiger partial charge in [0.05, 0.1) is 28.9 Å². The van der Waals surface area contributed by atoms with Crippen LogP contribution in [0.1, 0.15) is 46.4 Å². The average molecular weight is 375 g/mol. The number of ether oxygens (including phenoxy) is 1. The first-order chi connectivity index (χ1) is 12.6. The summed E-state index contributed by atoms with van der Waals surface area (Å²) in [4.78, 5) is 32.4. The Morgan fingerprint density at radius 3 is 2.50 bits per heavy atom.